The number of amidine groups is 1. The van der Waals surface area contributed by atoms with Gasteiger partial charge in [-0.3, -0.25) is 10.2 Å². The van der Waals surface area contributed by atoms with E-state index in [-0.39, 0.29) is 17.5 Å². The van der Waals surface area contributed by atoms with Crippen molar-refractivity contribution in [3.63, 3.8) is 0 Å². The van der Waals surface area contributed by atoms with Gasteiger partial charge < -0.3 is 21.4 Å². The second-order valence-electron chi connectivity index (χ2n) is 6.64. The molecule has 0 fully saturated rings. The minimum Gasteiger partial charge on any atom is -0.619 e. The Bertz CT molecular complexity index is 1020. The Morgan fingerprint density at radius 1 is 1.03 bits per heavy atom. The Labute approximate surface area is 168 Å². The Kier molecular flexibility index (Phi) is 6.09. The summed E-state index contributed by atoms with van der Waals surface area (Å²) in [5, 5.41) is 31.4. The van der Waals surface area contributed by atoms with E-state index < -0.39 is 0 Å². The first-order valence-corrected chi connectivity index (χ1v) is 9.18. The number of nitrogens with two attached hydrogens (primary N) is 1. The predicted molar refractivity (Wildman–Crippen MR) is 111 cm³/mol. The normalized spacial score (nSPS) is 10.5. The van der Waals surface area contributed by atoms with Gasteiger partial charge in [0.25, 0.3) is 5.91 Å². The lowest BCUT2D eigenvalue weighted by Crippen LogP contribution is -2.24. The second-order valence-corrected chi connectivity index (χ2v) is 6.64. The van der Waals surface area contributed by atoms with E-state index in [4.69, 9.17) is 11.1 Å². The number of benzene rings is 2. The summed E-state index contributed by atoms with van der Waals surface area (Å²) in [5.74, 6) is -0.0743. The molecule has 0 unspecified atom stereocenters. The third kappa shape index (κ3) is 5.10. The van der Waals surface area contributed by atoms with E-state index >= 15 is 0 Å². The van der Waals surface area contributed by atoms with Crippen LogP contribution in [0.2, 0.25) is 0 Å². The molecule has 0 saturated carbocycles. The Morgan fingerprint density at radius 2 is 1.66 bits per heavy atom. The van der Waals surface area contributed by atoms with Gasteiger partial charge in [-0.2, -0.15) is 4.73 Å². The number of aromatic nitrogens is 1. The molecule has 148 valence electrons. The molecule has 0 radical (unpaired) electrons. The van der Waals surface area contributed by atoms with E-state index in [0.29, 0.717) is 36.1 Å². The van der Waals surface area contributed by atoms with Crippen LogP contribution in [0.15, 0.2) is 67.0 Å². The Morgan fingerprint density at radius 3 is 2.31 bits per heavy atom. The average Bonchev–Trinajstić information content (AvgIpc) is 2.72. The van der Waals surface area contributed by atoms with Crippen molar-refractivity contribution in [2.45, 2.75) is 12.8 Å². The Balaban J connectivity index is 1.53. The molecule has 7 heteroatoms. The number of nitrogens with one attached hydrogen (secondary N) is 2. The molecule has 0 aliphatic heterocycles. The zero-order valence-electron chi connectivity index (χ0n) is 15.8. The molecular weight excluding hydrogens is 368 g/mol. The van der Waals surface area contributed by atoms with E-state index in [1.807, 2.05) is 12.1 Å². The minimum atomic E-state index is -0.177. The smallest absolute Gasteiger partial charge is 0.251 e. The highest BCUT2D eigenvalue weighted by molar-refractivity contribution is 5.95. The third-order valence-electron chi connectivity index (χ3n) is 4.58. The average molecular weight is 390 g/mol. The maximum Gasteiger partial charge on any atom is 0.251 e. The number of phenols is 1. The largest absolute Gasteiger partial charge is 0.619 e. The van der Waals surface area contributed by atoms with Gasteiger partial charge in [0.05, 0.1) is 0 Å². The van der Waals surface area contributed by atoms with Crippen LogP contribution in [0.4, 0.5) is 0 Å². The lowest BCUT2D eigenvalue weighted by molar-refractivity contribution is -0.605. The van der Waals surface area contributed by atoms with Gasteiger partial charge in [0, 0.05) is 29.8 Å². The van der Waals surface area contributed by atoms with Crippen LogP contribution in [0.1, 0.15) is 27.9 Å². The van der Waals surface area contributed by atoms with Crippen LogP contribution in [0.5, 0.6) is 5.75 Å². The van der Waals surface area contributed by atoms with E-state index in [1.54, 1.807) is 36.4 Å². The van der Waals surface area contributed by atoms with Crippen LogP contribution in [-0.2, 0) is 6.42 Å². The number of rotatable bonds is 7. The number of carbonyl (C=O) groups excluding carboxylic acids is 1. The summed E-state index contributed by atoms with van der Waals surface area (Å²) in [6.45, 7) is 0.451. The van der Waals surface area contributed by atoms with Crippen molar-refractivity contribution in [3.8, 4) is 16.9 Å². The zero-order valence-corrected chi connectivity index (χ0v) is 15.8. The monoisotopic (exact) mass is 390 g/mol. The van der Waals surface area contributed by atoms with E-state index in [2.05, 4.69) is 5.32 Å². The maximum atomic E-state index is 12.3. The molecule has 0 saturated heterocycles. The van der Waals surface area contributed by atoms with Gasteiger partial charge in [-0.1, -0.05) is 12.1 Å². The van der Waals surface area contributed by atoms with Crippen molar-refractivity contribution in [1.29, 1.82) is 5.41 Å². The highest BCUT2D eigenvalue weighted by Gasteiger charge is 2.08. The number of hydrogen-bond acceptors (Lipinski definition) is 4. The number of nitrogen functional groups attached to an aromatic ring is 1. The number of phenolic OH excluding ortho intramolecular Hbond substituents is 1. The van der Waals surface area contributed by atoms with Crippen molar-refractivity contribution in [2.75, 3.05) is 6.54 Å². The van der Waals surface area contributed by atoms with Gasteiger partial charge in [-0.05, 0) is 59.9 Å². The molecule has 0 aliphatic rings. The first-order chi connectivity index (χ1) is 13.9. The lowest BCUT2D eigenvalue weighted by Gasteiger charge is -2.09. The number of pyridine rings is 1. The molecule has 1 aromatic heterocycles. The lowest BCUT2D eigenvalue weighted by atomic mass is 10.0. The SMILES string of the molecule is N=C(N)c1ccc(O)c(CCCNC(=O)c2ccc(-c3cc[n+]([O-])cc3)cc2)c1. The van der Waals surface area contributed by atoms with Crippen molar-refractivity contribution in [2.24, 2.45) is 5.73 Å². The number of carbonyl (C=O) groups is 1. The topological polar surface area (TPSA) is 126 Å². The first kappa shape index (κ1) is 19.9. The van der Waals surface area contributed by atoms with Gasteiger partial charge in [0.1, 0.15) is 11.6 Å². The number of hydrogen-bond donors (Lipinski definition) is 4. The van der Waals surface area contributed by atoms with Gasteiger partial charge in [-0.25, -0.2) is 0 Å². The van der Waals surface area contributed by atoms with Crippen LogP contribution >= 0.6 is 0 Å². The summed E-state index contributed by atoms with van der Waals surface area (Å²) in [5.41, 5.74) is 9.09. The fourth-order valence-corrected chi connectivity index (χ4v) is 2.96. The van der Waals surface area contributed by atoms with Crippen molar-refractivity contribution in [3.05, 3.63) is 88.9 Å². The number of aromatic hydroxyl groups is 1. The summed E-state index contributed by atoms with van der Waals surface area (Å²) >= 11 is 0. The van der Waals surface area contributed by atoms with Gasteiger partial charge in [-0.15, -0.1) is 0 Å². The molecule has 1 heterocycles. The van der Waals surface area contributed by atoms with E-state index in [0.717, 1.165) is 15.9 Å². The zero-order chi connectivity index (χ0) is 20.8. The van der Waals surface area contributed by atoms with Crippen LogP contribution in [-0.4, -0.2) is 23.4 Å². The first-order valence-electron chi connectivity index (χ1n) is 9.18. The molecule has 0 atom stereocenters. The van der Waals surface area contributed by atoms with E-state index in [9.17, 15) is 15.1 Å². The quantitative estimate of drug-likeness (QED) is 0.162. The molecule has 3 aromatic rings. The summed E-state index contributed by atoms with van der Waals surface area (Å²) in [6, 6.07) is 15.4. The summed E-state index contributed by atoms with van der Waals surface area (Å²) in [7, 11) is 0. The molecule has 7 nitrogen and oxygen atoms in total. The predicted octanol–water partition coefficient (Wildman–Crippen LogP) is 2.34. The van der Waals surface area contributed by atoms with Gasteiger partial charge in [0.2, 0.25) is 0 Å². The van der Waals surface area contributed by atoms with E-state index in [1.165, 1.54) is 18.5 Å². The summed E-state index contributed by atoms with van der Waals surface area (Å²) in [4.78, 5) is 12.3. The molecule has 0 aliphatic carbocycles. The number of nitrogens with zero attached hydrogens (tertiary/aromatic N) is 1. The molecular formula is C22H22N4O3. The minimum absolute atomic E-state index is 0.0503. The van der Waals surface area contributed by atoms with Crippen molar-refractivity contribution >= 4 is 11.7 Å². The van der Waals surface area contributed by atoms with Crippen molar-refractivity contribution < 1.29 is 14.6 Å². The second kappa shape index (κ2) is 8.88. The van der Waals surface area contributed by atoms with Crippen molar-refractivity contribution in [1.82, 2.24) is 5.32 Å². The van der Waals surface area contributed by atoms with Crippen LogP contribution in [0.25, 0.3) is 11.1 Å². The van der Waals surface area contributed by atoms with Gasteiger partial charge in [0.15, 0.2) is 12.4 Å². The third-order valence-corrected chi connectivity index (χ3v) is 4.58. The fourth-order valence-electron chi connectivity index (χ4n) is 2.96. The van der Waals surface area contributed by atoms with Crippen LogP contribution < -0.4 is 15.8 Å². The standard InChI is InChI=1S/C22H22N4O3/c23-21(24)19-7-8-20(27)18(14-19)2-1-11-25-22(28)17-5-3-15(4-6-17)16-9-12-26(29)13-10-16/h3-10,12-14,27H,1-2,11H2,(H3,23,24)(H,25,28). The fraction of sp³-hybridized carbons (Fsp3) is 0.136. The molecule has 3 rings (SSSR count). The molecule has 0 spiro atoms. The molecule has 0 bridgehead atoms. The van der Waals surface area contributed by atoms with Crippen LogP contribution in [0, 0.1) is 10.6 Å². The molecule has 1 amide bonds. The maximum absolute atomic E-state index is 12.3. The molecule has 5 N–H and O–H groups in total. The number of amides is 1. The summed E-state index contributed by atoms with van der Waals surface area (Å²) < 4.78 is 0.724. The molecule has 29 heavy (non-hydrogen) atoms. The summed E-state index contributed by atoms with van der Waals surface area (Å²) in [6.07, 6.45) is 4.05. The number of aryl methyl sites for hydroxylation is 1. The highest BCUT2D eigenvalue weighted by Crippen LogP contribution is 2.20. The van der Waals surface area contributed by atoms with Gasteiger partial charge >= 0.3 is 0 Å². The van der Waals surface area contributed by atoms with Crippen LogP contribution in [0.3, 0.4) is 0 Å². The molecule has 2 aromatic carbocycles. The highest BCUT2D eigenvalue weighted by atomic mass is 16.5. The Hall–Kier alpha value is -3.87.